The Morgan fingerprint density at radius 1 is 1.33 bits per heavy atom. The van der Waals surface area contributed by atoms with Gasteiger partial charge in [0.15, 0.2) is 5.78 Å². The second-order valence-corrected chi connectivity index (χ2v) is 5.16. The summed E-state index contributed by atoms with van der Waals surface area (Å²) in [5.74, 6) is -0.0186. The van der Waals surface area contributed by atoms with Gasteiger partial charge in [-0.2, -0.15) is 0 Å². The fraction of sp³-hybridized carbons (Fsp3) is 0.533. The Bertz CT molecular complexity index is 525. The Hall–Kier alpha value is -1.79. The minimum absolute atomic E-state index is 0.00269. The second-order valence-electron chi connectivity index (χ2n) is 5.16. The third-order valence-electron chi connectivity index (χ3n) is 3.46. The summed E-state index contributed by atoms with van der Waals surface area (Å²) in [5.41, 5.74) is 2.08. The summed E-state index contributed by atoms with van der Waals surface area (Å²) in [6.07, 6.45) is 0. The van der Waals surface area contributed by atoms with Crippen molar-refractivity contribution in [3.63, 3.8) is 0 Å². The molecule has 0 aromatic carbocycles. The number of amides is 1. The standard InChI is InChI=1S/C15H21N3O3/c1-11-14(12(2)19)4-3-13(17-11)9-16-15(20)10-18-5-7-21-8-6-18/h3-4H,5-10H2,1-2H3,(H,16,20). The Morgan fingerprint density at radius 3 is 2.67 bits per heavy atom. The van der Waals surface area contributed by atoms with Crippen molar-refractivity contribution in [1.29, 1.82) is 0 Å². The van der Waals surface area contributed by atoms with E-state index in [4.69, 9.17) is 4.74 Å². The predicted molar refractivity (Wildman–Crippen MR) is 78.1 cm³/mol. The molecule has 6 nitrogen and oxygen atoms in total. The summed E-state index contributed by atoms with van der Waals surface area (Å²) in [6, 6.07) is 3.53. The number of ether oxygens (including phenoxy) is 1. The van der Waals surface area contributed by atoms with Crippen LogP contribution < -0.4 is 5.32 Å². The Morgan fingerprint density at radius 2 is 2.05 bits per heavy atom. The Balaban J connectivity index is 1.83. The van der Waals surface area contributed by atoms with Gasteiger partial charge in [0.1, 0.15) is 0 Å². The molecule has 6 heteroatoms. The van der Waals surface area contributed by atoms with Crippen LogP contribution in [0, 0.1) is 6.92 Å². The van der Waals surface area contributed by atoms with Gasteiger partial charge >= 0.3 is 0 Å². The number of carbonyl (C=O) groups is 2. The zero-order valence-electron chi connectivity index (χ0n) is 12.5. The van der Waals surface area contributed by atoms with Crippen molar-refractivity contribution in [2.45, 2.75) is 20.4 Å². The molecule has 0 atom stereocenters. The van der Waals surface area contributed by atoms with Gasteiger partial charge in [0.25, 0.3) is 0 Å². The third-order valence-corrected chi connectivity index (χ3v) is 3.46. The maximum atomic E-state index is 11.9. The molecule has 0 saturated carbocycles. The molecule has 2 heterocycles. The molecule has 21 heavy (non-hydrogen) atoms. The fourth-order valence-electron chi connectivity index (χ4n) is 2.29. The van der Waals surface area contributed by atoms with Crippen LogP contribution in [0.5, 0.6) is 0 Å². The Kier molecular flexibility index (Phi) is 5.41. The number of nitrogens with zero attached hydrogens (tertiary/aromatic N) is 2. The highest BCUT2D eigenvalue weighted by atomic mass is 16.5. The maximum absolute atomic E-state index is 11.9. The molecule has 0 unspecified atom stereocenters. The number of hydrogen-bond donors (Lipinski definition) is 1. The highest BCUT2D eigenvalue weighted by molar-refractivity contribution is 5.95. The van der Waals surface area contributed by atoms with Crippen LogP contribution in [-0.4, -0.2) is 54.4 Å². The Labute approximate surface area is 124 Å². The zero-order chi connectivity index (χ0) is 15.2. The molecule has 1 aromatic rings. The molecule has 1 saturated heterocycles. The van der Waals surface area contributed by atoms with Crippen LogP contribution in [0.2, 0.25) is 0 Å². The van der Waals surface area contributed by atoms with Crippen LogP contribution in [-0.2, 0) is 16.1 Å². The van der Waals surface area contributed by atoms with Crippen molar-refractivity contribution in [1.82, 2.24) is 15.2 Å². The fourth-order valence-corrected chi connectivity index (χ4v) is 2.29. The largest absolute Gasteiger partial charge is 0.379 e. The zero-order valence-corrected chi connectivity index (χ0v) is 12.5. The lowest BCUT2D eigenvalue weighted by Gasteiger charge is -2.25. The lowest BCUT2D eigenvalue weighted by molar-refractivity contribution is -0.123. The van der Waals surface area contributed by atoms with Crippen molar-refractivity contribution in [3.8, 4) is 0 Å². The SMILES string of the molecule is CC(=O)c1ccc(CNC(=O)CN2CCOCC2)nc1C. The average Bonchev–Trinajstić information content (AvgIpc) is 2.46. The van der Waals surface area contributed by atoms with Crippen LogP contribution in [0.25, 0.3) is 0 Å². The van der Waals surface area contributed by atoms with Gasteiger partial charge in [-0.1, -0.05) is 0 Å². The van der Waals surface area contributed by atoms with Crippen LogP contribution in [0.3, 0.4) is 0 Å². The van der Waals surface area contributed by atoms with E-state index in [1.807, 2.05) is 0 Å². The number of aryl methyl sites for hydroxylation is 1. The first-order chi connectivity index (χ1) is 10.1. The number of morpholine rings is 1. The van der Waals surface area contributed by atoms with Gasteiger partial charge in [-0.15, -0.1) is 0 Å². The first-order valence-corrected chi connectivity index (χ1v) is 7.10. The van der Waals surface area contributed by atoms with E-state index < -0.39 is 0 Å². The topological polar surface area (TPSA) is 71.5 Å². The van der Waals surface area contributed by atoms with E-state index in [1.165, 1.54) is 6.92 Å². The summed E-state index contributed by atoms with van der Waals surface area (Å²) in [4.78, 5) is 29.6. The molecule has 2 rings (SSSR count). The normalized spacial score (nSPS) is 15.7. The smallest absolute Gasteiger partial charge is 0.234 e. The molecule has 0 aliphatic carbocycles. The van der Waals surface area contributed by atoms with Gasteiger partial charge in [0, 0.05) is 24.3 Å². The summed E-state index contributed by atoms with van der Waals surface area (Å²) in [7, 11) is 0. The van der Waals surface area contributed by atoms with E-state index in [-0.39, 0.29) is 11.7 Å². The van der Waals surface area contributed by atoms with Crippen LogP contribution in [0.4, 0.5) is 0 Å². The van der Waals surface area contributed by atoms with Crippen molar-refractivity contribution >= 4 is 11.7 Å². The van der Waals surface area contributed by atoms with Gasteiger partial charge in [-0.3, -0.25) is 19.5 Å². The van der Waals surface area contributed by atoms with E-state index in [2.05, 4.69) is 15.2 Å². The molecule has 0 radical (unpaired) electrons. The van der Waals surface area contributed by atoms with Crippen molar-refractivity contribution in [3.05, 3.63) is 29.1 Å². The van der Waals surface area contributed by atoms with E-state index in [9.17, 15) is 9.59 Å². The van der Waals surface area contributed by atoms with Crippen LogP contribution >= 0.6 is 0 Å². The van der Waals surface area contributed by atoms with E-state index in [0.29, 0.717) is 37.6 Å². The molecule has 1 fully saturated rings. The number of pyridine rings is 1. The summed E-state index contributed by atoms with van der Waals surface area (Å²) in [5, 5.41) is 2.85. The maximum Gasteiger partial charge on any atom is 0.234 e. The molecule has 114 valence electrons. The van der Waals surface area contributed by atoms with Gasteiger partial charge in [-0.05, 0) is 26.0 Å². The molecule has 1 N–H and O–H groups in total. The highest BCUT2D eigenvalue weighted by Gasteiger charge is 2.14. The van der Waals surface area contributed by atoms with E-state index in [1.54, 1.807) is 19.1 Å². The molecule has 1 aliphatic rings. The van der Waals surface area contributed by atoms with Gasteiger partial charge in [0.2, 0.25) is 5.91 Å². The molecule has 1 aromatic heterocycles. The number of hydrogen-bond acceptors (Lipinski definition) is 5. The second kappa shape index (κ2) is 7.28. The van der Waals surface area contributed by atoms with Gasteiger partial charge in [0.05, 0.1) is 32.0 Å². The average molecular weight is 291 g/mol. The number of carbonyl (C=O) groups excluding carboxylic acids is 2. The number of nitrogens with one attached hydrogen (secondary N) is 1. The number of Topliss-reactive ketones (excluding diaryl/α,β-unsaturated/α-hetero) is 1. The number of aromatic nitrogens is 1. The molecular formula is C15H21N3O3. The van der Waals surface area contributed by atoms with Crippen molar-refractivity contribution in [2.24, 2.45) is 0 Å². The van der Waals surface area contributed by atoms with Crippen molar-refractivity contribution in [2.75, 3.05) is 32.8 Å². The molecule has 0 bridgehead atoms. The summed E-state index contributed by atoms with van der Waals surface area (Å²) >= 11 is 0. The lowest BCUT2D eigenvalue weighted by atomic mass is 10.1. The van der Waals surface area contributed by atoms with Gasteiger partial charge < -0.3 is 10.1 Å². The van der Waals surface area contributed by atoms with E-state index >= 15 is 0 Å². The monoisotopic (exact) mass is 291 g/mol. The minimum Gasteiger partial charge on any atom is -0.379 e. The number of rotatable bonds is 5. The first kappa shape index (κ1) is 15.6. The van der Waals surface area contributed by atoms with Crippen molar-refractivity contribution < 1.29 is 14.3 Å². The quantitative estimate of drug-likeness (QED) is 0.802. The molecule has 1 aliphatic heterocycles. The minimum atomic E-state index is -0.0213. The predicted octanol–water partition coefficient (Wildman–Crippen LogP) is 0.541. The summed E-state index contributed by atoms with van der Waals surface area (Å²) < 4.78 is 5.24. The molecular weight excluding hydrogens is 270 g/mol. The summed E-state index contributed by atoms with van der Waals surface area (Å²) in [6.45, 7) is 7.02. The third kappa shape index (κ3) is 4.61. The molecule has 0 spiro atoms. The number of ketones is 1. The van der Waals surface area contributed by atoms with Crippen LogP contribution in [0.15, 0.2) is 12.1 Å². The highest BCUT2D eigenvalue weighted by Crippen LogP contribution is 2.07. The lowest BCUT2D eigenvalue weighted by Crippen LogP contribution is -2.43. The molecule has 1 amide bonds. The van der Waals surface area contributed by atoms with Gasteiger partial charge in [-0.25, -0.2) is 0 Å². The van der Waals surface area contributed by atoms with E-state index in [0.717, 1.165) is 18.8 Å². The van der Waals surface area contributed by atoms with Crippen LogP contribution in [0.1, 0.15) is 28.7 Å². The first-order valence-electron chi connectivity index (χ1n) is 7.10.